The van der Waals surface area contributed by atoms with Crippen LogP contribution < -0.4 is 4.90 Å². The molecule has 0 fully saturated rings. The molecule has 0 amide bonds. The van der Waals surface area contributed by atoms with Gasteiger partial charge in [-0.05, 0) is 75.8 Å². The predicted octanol–water partition coefficient (Wildman–Crippen LogP) is 12.9. The maximum Gasteiger partial charge on any atom is 0.159 e. The number of anilines is 3. The molecular weight excluding hydrogens is 587 g/mol. The molecule has 1 aliphatic rings. The van der Waals surface area contributed by atoms with E-state index in [4.69, 9.17) is 8.83 Å². The number of hydrogen-bond donors (Lipinski definition) is 0. The highest BCUT2D eigenvalue weighted by Gasteiger charge is 2.37. The van der Waals surface area contributed by atoms with Crippen LogP contribution in [0.15, 0.2) is 160 Å². The fraction of sp³-hybridized carbons (Fsp3) is 0.0667. The minimum Gasteiger partial charge on any atom is -0.456 e. The normalized spacial score (nSPS) is 13.4. The number of para-hydroxylation sites is 3. The van der Waals surface area contributed by atoms with Crippen molar-refractivity contribution in [3.05, 3.63) is 163 Å². The first-order valence-electron chi connectivity index (χ1n) is 16.5. The Hall–Kier alpha value is -6.06. The monoisotopic (exact) mass is 617 g/mol. The van der Waals surface area contributed by atoms with E-state index in [0.29, 0.717) is 0 Å². The standard InChI is InChI=1S/C45H31NO2/c1-45(2)37-25-23-29(26-36(37)43-31(16-10-18-38(43)45)28-12-4-3-5-13-28)46(30-22-24-34-32-14-6-8-20-40(32)47-42(34)27-30)39-19-11-17-35-33-15-7-9-21-41(33)48-44(35)39/h3-27H,1-2H3. The van der Waals surface area contributed by atoms with Gasteiger partial charge < -0.3 is 13.7 Å². The maximum absolute atomic E-state index is 6.64. The van der Waals surface area contributed by atoms with Crippen molar-refractivity contribution in [3.8, 4) is 22.3 Å². The number of nitrogens with zero attached hydrogens (tertiary/aromatic N) is 1. The van der Waals surface area contributed by atoms with Gasteiger partial charge in [-0.25, -0.2) is 0 Å². The summed E-state index contributed by atoms with van der Waals surface area (Å²) >= 11 is 0. The predicted molar refractivity (Wildman–Crippen MR) is 199 cm³/mol. The van der Waals surface area contributed by atoms with Crippen molar-refractivity contribution < 1.29 is 8.83 Å². The van der Waals surface area contributed by atoms with Crippen molar-refractivity contribution in [2.24, 2.45) is 0 Å². The Bertz CT molecular complexity index is 2710. The van der Waals surface area contributed by atoms with Gasteiger partial charge in [0.25, 0.3) is 0 Å². The summed E-state index contributed by atoms with van der Waals surface area (Å²) in [5.74, 6) is 0. The molecule has 1 aliphatic carbocycles. The highest BCUT2D eigenvalue weighted by molar-refractivity contribution is 6.11. The number of furan rings is 2. The summed E-state index contributed by atoms with van der Waals surface area (Å²) < 4.78 is 13.0. The summed E-state index contributed by atoms with van der Waals surface area (Å²) in [7, 11) is 0. The van der Waals surface area contributed by atoms with Crippen LogP contribution in [0.2, 0.25) is 0 Å². The molecule has 9 aromatic rings. The van der Waals surface area contributed by atoms with E-state index in [-0.39, 0.29) is 5.41 Å². The lowest BCUT2D eigenvalue weighted by molar-refractivity contribution is 0.660. The summed E-state index contributed by atoms with van der Waals surface area (Å²) in [6, 6.07) is 54.0. The van der Waals surface area contributed by atoms with Crippen LogP contribution >= 0.6 is 0 Å². The van der Waals surface area contributed by atoms with Gasteiger partial charge in [0.05, 0.1) is 11.4 Å². The Morgan fingerprint density at radius 2 is 1.10 bits per heavy atom. The second-order valence-corrected chi connectivity index (χ2v) is 13.3. The van der Waals surface area contributed by atoms with Crippen LogP contribution in [0.3, 0.4) is 0 Å². The zero-order valence-electron chi connectivity index (χ0n) is 26.7. The van der Waals surface area contributed by atoms with E-state index in [1.165, 1.54) is 33.4 Å². The molecule has 48 heavy (non-hydrogen) atoms. The van der Waals surface area contributed by atoms with E-state index in [1.54, 1.807) is 0 Å². The largest absolute Gasteiger partial charge is 0.456 e. The van der Waals surface area contributed by atoms with Crippen molar-refractivity contribution >= 4 is 60.9 Å². The summed E-state index contributed by atoms with van der Waals surface area (Å²) in [4.78, 5) is 2.33. The summed E-state index contributed by atoms with van der Waals surface area (Å²) in [6.45, 7) is 4.68. The smallest absolute Gasteiger partial charge is 0.159 e. The molecule has 0 saturated carbocycles. The molecule has 10 rings (SSSR count). The number of hydrogen-bond acceptors (Lipinski definition) is 3. The average Bonchev–Trinajstić information content (AvgIpc) is 3.77. The third-order valence-electron chi connectivity index (χ3n) is 10.3. The zero-order chi connectivity index (χ0) is 32.0. The molecule has 228 valence electrons. The molecule has 0 spiro atoms. The third-order valence-corrected chi connectivity index (χ3v) is 10.3. The molecule has 0 aliphatic heterocycles. The van der Waals surface area contributed by atoms with E-state index >= 15 is 0 Å². The second kappa shape index (κ2) is 9.97. The fourth-order valence-electron chi connectivity index (χ4n) is 7.98. The SMILES string of the molecule is CC1(C)c2ccc(N(c3ccc4c(c3)oc3ccccc34)c3cccc4c3oc3ccccc34)cc2-c2c(-c3ccccc3)cccc21. The topological polar surface area (TPSA) is 29.5 Å². The second-order valence-electron chi connectivity index (χ2n) is 13.3. The van der Waals surface area contributed by atoms with Gasteiger partial charge in [-0.2, -0.15) is 0 Å². The third kappa shape index (κ3) is 3.82. The molecule has 0 radical (unpaired) electrons. The summed E-state index contributed by atoms with van der Waals surface area (Å²) in [5.41, 5.74) is 14.1. The van der Waals surface area contributed by atoms with Gasteiger partial charge in [0.1, 0.15) is 16.7 Å². The van der Waals surface area contributed by atoms with Gasteiger partial charge in [-0.1, -0.05) is 117 Å². The maximum atomic E-state index is 6.64. The van der Waals surface area contributed by atoms with Crippen LogP contribution in [0.1, 0.15) is 25.0 Å². The number of benzene rings is 7. The fourth-order valence-corrected chi connectivity index (χ4v) is 7.98. The number of fused-ring (bicyclic) bond motifs is 9. The molecule has 3 nitrogen and oxygen atoms in total. The minimum atomic E-state index is -0.134. The van der Waals surface area contributed by atoms with E-state index < -0.39 is 0 Å². The molecule has 0 saturated heterocycles. The van der Waals surface area contributed by atoms with Gasteiger partial charge in [0.2, 0.25) is 0 Å². The van der Waals surface area contributed by atoms with Crippen LogP contribution in [0.25, 0.3) is 66.1 Å². The molecule has 7 aromatic carbocycles. The van der Waals surface area contributed by atoms with Crippen molar-refractivity contribution in [2.75, 3.05) is 4.90 Å². The summed E-state index contributed by atoms with van der Waals surface area (Å²) in [6.07, 6.45) is 0. The van der Waals surface area contributed by atoms with Crippen molar-refractivity contribution in [3.63, 3.8) is 0 Å². The molecule has 3 heteroatoms. The molecule has 0 N–H and O–H groups in total. The molecule has 2 heterocycles. The molecule has 0 unspecified atom stereocenters. The highest BCUT2D eigenvalue weighted by atomic mass is 16.3. The lowest BCUT2D eigenvalue weighted by Crippen LogP contribution is -2.15. The first-order valence-corrected chi connectivity index (χ1v) is 16.5. The van der Waals surface area contributed by atoms with Crippen molar-refractivity contribution in [1.82, 2.24) is 0 Å². The van der Waals surface area contributed by atoms with E-state index in [9.17, 15) is 0 Å². The molecule has 2 aromatic heterocycles. The van der Waals surface area contributed by atoms with Crippen LogP contribution in [0.4, 0.5) is 17.1 Å². The van der Waals surface area contributed by atoms with Crippen LogP contribution in [-0.2, 0) is 5.41 Å². The minimum absolute atomic E-state index is 0.134. The Morgan fingerprint density at radius 3 is 1.94 bits per heavy atom. The number of rotatable bonds is 4. The van der Waals surface area contributed by atoms with Gasteiger partial charge in [0, 0.05) is 38.7 Å². The van der Waals surface area contributed by atoms with E-state index in [0.717, 1.165) is 60.9 Å². The molecule has 0 bridgehead atoms. The van der Waals surface area contributed by atoms with Gasteiger partial charge >= 0.3 is 0 Å². The molecular formula is C45H31NO2. The Kier molecular flexibility index (Phi) is 5.63. The zero-order valence-corrected chi connectivity index (χ0v) is 26.7. The van der Waals surface area contributed by atoms with E-state index in [1.807, 2.05) is 24.3 Å². The van der Waals surface area contributed by atoms with Crippen LogP contribution in [0, 0.1) is 0 Å². The molecule has 0 atom stereocenters. The lowest BCUT2D eigenvalue weighted by Gasteiger charge is -2.27. The Morgan fingerprint density at radius 1 is 0.458 bits per heavy atom. The highest BCUT2D eigenvalue weighted by Crippen LogP contribution is 2.54. The first-order chi connectivity index (χ1) is 23.6. The van der Waals surface area contributed by atoms with Gasteiger partial charge in [0.15, 0.2) is 5.58 Å². The van der Waals surface area contributed by atoms with Crippen molar-refractivity contribution in [1.29, 1.82) is 0 Å². The Balaban J connectivity index is 1.25. The Labute approximate surface area is 278 Å². The first kappa shape index (κ1) is 27.1. The average molecular weight is 618 g/mol. The summed E-state index contributed by atoms with van der Waals surface area (Å²) in [5, 5.41) is 4.43. The van der Waals surface area contributed by atoms with Gasteiger partial charge in [-0.3, -0.25) is 0 Å². The lowest BCUT2D eigenvalue weighted by atomic mass is 9.82. The quantitative estimate of drug-likeness (QED) is 0.197. The van der Waals surface area contributed by atoms with E-state index in [2.05, 4.69) is 146 Å². The van der Waals surface area contributed by atoms with Crippen molar-refractivity contribution in [2.45, 2.75) is 19.3 Å². The van der Waals surface area contributed by atoms with Gasteiger partial charge in [-0.15, -0.1) is 0 Å². The van der Waals surface area contributed by atoms with Crippen LogP contribution in [-0.4, -0.2) is 0 Å². The van der Waals surface area contributed by atoms with Crippen LogP contribution in [0.5, 0.6) is 0 Å².